The molecular formula is C16H10BrClN2OS. The number of ketones is 1. The van der Waals surface area contributed by atoms with Crippen LogP contribution in [0.4, 0.5) is 0 Å². The molecule has 22 heavy (non-hydrogen) atoms. The standard InChI is InChI=1S/C16H10BrClN2OS/c17-13-3-1-2-10(5-13)4-11-6-14(22-16(11)18)15(21)12-7-19-9-20-8-12/h1-3,5-9H,4H2. The maximum atomic E-state index is 12.4. The summed E-state index contributed by atoms with van der Waals surface area (Å²) in [5.74, 6) is -0.104. The third-order valence-corrected chi connectivity index (χ3v) is 5.02. The topological polar surface area (TPSA) is 42.9 Å². The van der Waals surface area contributed by atoms with Crippen LogP contribution in [-0.4, -0.2) is 15.8 Å². The highest BCUT2D eigenvalue weighted by Gasteiger charge is 2.16. The number of thiophene rings is 1. The zero-order valence-corrected chi connectivity index (χ0v) is 14.5. The first-order valence-electron chi connectivity index (χ1n) is 6.46. The van der Waals surface area contributed by atoms with E-state index in [1.165, 1.54) is 30.1 Å². The lowest BCUT2D eigenvalue weighted by Crippen LogP contribution is -1.99. The molecule has 6 heteroatoms. The van der Waals surface area contributed by atoms with Gasteiger partial charge in [-0.2, -0.15) is 0 Å². The smallest absolute Gasteiger partial charge is 0.206 e. The maximum Gasteiger partial charge on any atom is 0.206 e. The molecule has 0 N–H and O–H groups in total. The van der Waals surface area contributed by atoms with E-state index in [2.05, 4.69) is 25.9 Å². The van der Waals surface area contributed by atoms with Gasteiger partial charge >= 0.3 is 0 Å². The van der Waals surface area contributed by atoms with Crippen molar-refractivity contribution in [2.24, 2.45) is 0 Å². The lowest BCUT2D eigenvalue weighted by molar-refractivity contribution is 0.104. The number of halogens is 2. The number of hydrogen-bond donors (Lipinski definition) is 0. The molecule has 0 bridgehead atoms. The largest absolute Gasteiger partial charge is 0.288 e. The Hall–Kier alpha value is -1.56. The lowest BCUT2D eigenvalue weighted by atomic mass is 10.1. The van der Waals surface area contributed by atoms with Gasteiger partial charge in [0.2, 0.25) is 5.78 Å². The van der Waals surface area contributed by atoms with Crippen LogP contribution in [0.5, 0.6) is 0 Å². The second kappa shape index (κ2) is 6.69. The molecule has 110 valence electrons. The predicted molar refractivity (Wildman–Crippen MR) is 91.7 cm³/mol. The van der Waals surface area contributed by atoms with Crippen molar-refractivity contribution in [1.29, 1.82) is 0 Å². The SMILES string of the molecule is O=C(c1cncnc1)c1cc(Cc2cccc(Br)c2)c(Cl)s1. The fourth-order valence-electron chi connectivity index (χ4n) is 2.06. The summed E-state index contributed by atoms with van der Waals surface area (Å²) in [4.78, 5) is 20.7. The summed E-state index contributed by atoms with van der Waals surface area (Å²) in [7, 11) is 0. The van der Waals surface area contributed by atoms with Gasteiger partial charge in [-0.1, -0.05) is 39.7 Å². The van der Waals surface area contributed by atoms with Gasteiger partial charge in [0.05, 0.1) is 14.8 Å². The van der Waals surface area contributed by atoms with Gasteiger partial charge in [-0.05, 0) is 35.7 Å². The third-order valence-electron chi connectivity index (χ3n) is 3.09. The van der Waals surface area contributed by atoms with E-state index in [0.29, 0.717) is 21.2 Å². The van der Waals surface area contributed by atoms with Crippen molar-refractivity contribution < 1.29 is 4.79 Å². The zero-order chi connectivity index (χ0) is 15.5. The summed E-state index contributed by atoms with van der Waals surface area (Å²) in [5.41, 5.74) is 2.55. The molecule has 0 aliphatic carbocycles. The molecule has 3 rings (SSSR count). The molecular weight excluding hydrogens is 384 g/mol. The van der Waals surface area contributed by atoms with E-state index >= 15 is 0 Å². The van der Waals surface area contributed by atoms with Crippen LogP contribution in [0.1, 0.15) is 26.4 Å². The van der Waals surface area contributed by atoms with Crippen LogP contribution in [0, 0.1) is 0 Å². The number of carbonyl (C=O) groups excluding carboxylic acids is 1. The van der Waals surface area contributed by atoms with Crippen molar-refractivity contribution in [3.05, 3.63) is 79.4 Å². The van der Waals surface area contributed by atoms with E-state index in [1.54, 1.807) is 0 Å². The number of carbonyl (C=O) groups is 1. The van der Waals surface area contributed by atoms with Crippen LogP contribution in [0.25, 0.3) is 0 Å². The summed E-state index contributed by atoms with van der Waals surface area (Å²) in [6, 6.07) is 9.88. The summed E-state index contributed by atoms with van der Waals surface area (Å²) >= 11 is 11.0. The van der Waals surface area contributed by atoms with Gasteiger partial charge in [-0.15, -0.1) is 11.3 Å². The van der Waals surface area contributed by atoms with Crippen molar-refractivity contribution in [2.75, 3.05) is 0 Å². The number of rotatable bonds is 4. The van der Waals surface area contributed by atoms with Crippen LogP contribution in [0.3, 0.4) is 0 Å². The summed E-state index contributed by atoms with van der Waals surface area (Å²) in [5, 5.41) is 0. The highest BCUT2D eigenvalue weighted by atomic mass is 79.9. The van der Waals surface area contributed by atoms with Gasteiger partial charge < -0.3 is 0 Å². The van der Waals surface area contributed by atoms with Crippen LogP contribution in [0.15, 0.2) is 53.5 Å². The van der Waals surface area contributed by atoms with Crippen molar-refractivity contribution in [2.45, 2.75) is 6.42 Å². The molecule has 0 saturated heterocycles. The Balaban J connectivity index is 1.86. The molecule has 2 heterocycles. The second-order valence-electron chi connectivity index (χ2n) is 4.67. The minimum atomic E-state index is -0.104. The van der Waals surface area contributed by atoms with Crippen molar-refractivity contribution in [1.82, 2.24) is 9.97 Å². The quantitative estimate of drug-likeness (QED) is 0.599. The van der Waals surface area contributed by atoms with E-state index in [1.807, 2.05) is 30.3 Å². The number of aromatic nitrogens is 2. The Kier molecular flexibility index (Phi) is 4.66. The van der Waals surface area contributed by atoms with E-state index < -0.39 is 0 Å². The molecule has 0 aliphatic rings. The number of hydrogen-bond acceptors (Lipinski definition) is 4. The maximum absolute atomic E-state index is 12.4. The van der Waals surface area contributed by atoms with Gasteiger partial charge in [-0.3, -0.25) is 4.79 Å². The predicted octanol–water partition coefficient (Wildman–Crippen LogP) is 4.78. The van der Waals surface area contributed by atoms with Gasteiger partial charge in [0.25, 0.3) is 0 Å². The average Bonchev–Trinajstić information content (AvgIpc) is 2.88. The Morgan fingerprint density at radius 1 is 1.23 bits per heavy atom. The van der Waals surface area contributed by atoms with Crippen LogP contribution >= 0.6 is 38.9 Å². The van der Waals surface area contributed by atoms with E-state index in [-0.39, 0.29) is 5.78 Å². The van der Waals surface area contributed by atoms with Gasteiger partial charge in [0.1, 0.15) is 6.33 Å². The molecule has 0 fully saturated rings. The van der Waals surface area contributed by atoms with Gasteiger partial charge in [0.15, 0.2) is 0 Å². The van der Waals surface area contributed by atoms with Crippen LogP contribution in [-0.2, 0) is 6.42 Å². The summed E-state index contributed by atoms with van der Waals surface area (Å²) < 4.78 is 1.66. The Labute approximate surface area is 145 Å². The van der Waals surface area contributed by atoms with Crippen molar-refractivity contribution >= 4 is 44.7 Å². The minimum Gasteiger partial charge on any atom is -0.288 e. The van der Waals surface area contributed by atoms with Crippen molar-refractivity contribution in [3.8, 4) is 0 Å². The molecule has 0 amide bonds. The van der Waals surface area contributed by atoms with E-state index in [4.69, 9.17) is 11.6 Å². The first-order valence-corrected chi connectivity index (χ1v) is 8.44. The fraction of sp³-hybridized carbons (Fsp3) is 0.0625. The molecule has 2 aromatic heterocycles. The van der Waals surface area contributed by atoms with E-state index in [9.17, 15) is 4.79 Å². The van der Waals surface area contributed by atoms with Gasteiger partial charge in [0, 0.05) is 16.9 Å². The molecule has 0 unspecified atom stereocenters. The normalized spacial score (nSPS) is 10.6. The molecule has 0 saturated carbocycles. The minimum absolute atomic E-state index is 0.104. The first kappa shape index (κ1) is 15.3. The molecule has 0 radical (unpaired) electrons. The Morgan fingerprint density at radius 3 is 2.73 bits per heavy atom. The highest BCUT2D eigenvalue weighted by Crippen LogP contribution is 2.31. The summed E-state index contributed by atoms with van der Waals surface area (Å²) in [6.07, 6.45) is 5.11. The fourth-order valence-corrected chi connectivity index (χ4v) is 3.75. The molecule has 0 aliphatic heterocycles. The Morgan fingerprint density at radius 2 is 2.00 bits per heavy atom. The lowest BCUT2D eigenvalue weighted by Gasteiger charge is -2.00. The van der Waals surface area contributed by atoms with Gasteiger partial charge in [-0.25, -0.2) is 9.97 Å². The number of nitrogens with zero attached hydrogens (tertiary/aromatic N) is 2. The van der Waals surface area contributed by atoms with Crippen LogP contribution < -0.4 is 0 Å². The third kappa shape index (κ3) is 3.43. The molecule has 0 spiro atoms. The number of benzene rings is 1. The zero-order valence-electron chi connectivity index (χ0n) is 11.3. The molecule has 1 aromatic carbocycles. The highest BCUT2D eigenvalue weighted by molar-refractivity contribution is 9.10. The van der Waals surface area contributed by atoms with E-state index in [0.717, 1.165) is 15.6 Å². The second-order valence-corrected chi connectivity index (χ2v) is 7.24. The summed E-state index contributed by atoms with van der Waals surface area (Å²) in [6.45, 7) is 0. The monoisotopic (exact) mass is 392 g/mol. The molecule has 3 aromatic rings. The first-order chi connectivity index (χ1) is 10.6. The molecule has 3 nitrogen and oxygen atoms in total. The average molecular weight is 394 g/mol. The van der Waals surface area contributed by atoms with Crippen LogP contribution in [0.2, 0.25) is 4.34 Å². The van der Waals surface area contributed by atoms with Crippen molar-refractivity contribution in [3.63, 3.8) is 0 Å². The molecule has 0 atom stereocenters. The Bertz CT molecular complexity index is 820.